The number of ether oxygens (including phenoxy) is 2. The molecule has 2 N–H and O–H groups in total. The molecule has 3 atom stereocenters. The zero-order valence-electron chi connectivity index (χ0n) is 17.0. The molecule has 1 aromatic rings. The van der Waals surface area contributed by atoms with Gasteiger partial charge in [-0.2, -0.15) is 13.2 Å². The van der Waals surface area contributed by atoms with E-state index in [9.17, 15) is 23.1 Å². The predicted molar refractivity (Wildman–Crippen MR) is 104 cm³/mol. The summed E-state index contributed by atoms with van der Waals surface area (Å²) in [5, 5.41) is 12.1. The van der Waals surface area contributed by atoms with Gasteiger partial charge in [-0.3, -0.25) is 4.79 Å². The molecule has 3 rings (SSSR count). The first kappa shape index (κ1) is 22.6. The average Bonchev–Trinajstić information content (AvgIpc) is 3.55. The van der Waals surface area contributed by atoms with Crippen LogP contribution in [0.4, 0.5) is 13.2 Å². The molecule has 1 amide bonds. The van der Waals surface area contributed by atoms with E-state index in [0.717, 1.165) is 25.0 Å². The number of alkyl halides is 3. The lowest BCUT2D eigenvalue weighted by atomic mass is 9.80. The lowest BCUT2D eigenvalue weighted by Crippen LogP contribution is -2.39. The van der Waals surface area contributed by atoms with Crippen LogP contribution in [0.25, 0.3) is 0 Å². The van der Waals surface area contributed by atoms with Crippen LogP contribution in [0, 0.1) is 11.8 Å². The molecule has 0 radical (unpaired) electrons. The maximum atomic E-state index is 13.0. The van der Waals surface area contributed by atoms with E-state index in [0.29, 0.717) is 37.5 Å². The van der Waals surface area contributed by atoms with Crippen LogP contribution < -0.4 is 5.32 Å². The van der Waals surface area contributed by atoms with Gasteiger partial charge < -0.3 is 19.9 Å². The van der Waals surface area contributed by atoms with Crippen LogP contribution in [-0.2, 0) is 20.4 Å². The minimum absolute atomic E-state index is 0.0203. The van der Waals surface area contributed by atoms with Crippen LogP contribution >= 0.6 is 0 Å². The topological polar surface area (TPSA) is 67.8 Å². The van der Waals surface area contributed by atoms with Gasteiger partial charge in [0.05, 0.1) is 5.56 Å². The Morgan fingerprint density at radius 2 is 1.97 bits per heavy atom. The normalized spacial score (nSPS) is 24.2. The van der Waals surface area contributed by atoms with Gasteiger partial charge in [0.1, 0.15) is 0 Å². The Hall–Kier alpha value is -2.06. The molecule has 5 nitrogen and oxygen atoms in total. The van der Waals surface area contributed by atoms with Crippen molar-refractivity contribution in [1.82, 2.24) is 5.32 Å². The fourth-order valence-corrected chi connectivity index (χ4v) is 3.69. The molecule has 1 aliphatic heterocycles. The average molecular weight is 427 g/mol. The molecule has 1 aliphatic carbocycles. The lowest BCUT2D eigenvalue weighted by Gasteiger charge is -2.37. The smallest absolute Gasteiger partial charge is 0.416 e. The summed E-state index contributed by atoms with van der Waals surface area (Å²) in [6.07, 6.45) is -0.241. The van der Waals surface area contributed by atoms with Gasteiger partial charge in [-0.15, -0.1) is 0 Å². The van der Waals surface area contributed by atoms with Crippen LogP contribution in [0.5, 0.6) is 0 Å². The molecule has 0 aromatic heterocycles. The molecule has 0 spiro atoms. The summed E-state index contributed by atoms with van der Waals surface area (Å²) in [5.74, 6) is -0.327. The highest BCUT2D eigenvalue weighted by Crippen LogP contribution is 2.40. The highest BCUT2D eigenvalue weighted by molar-refractivity contribution is 5.91. The van der Waals surface area contributed by atoms with E-state index in [4.69, 9.17) is 9.47 Å². The Kier molecular flexibility index (Phi) is 7.41. The molecule has 1 heterocycles. The van der Waals surface area contributed by atoms with Crippen LogP contribution in [-0.4, -0.2) is 37.1 Å². The number of hydrogen-bond donors (Lipinski definition) is 2. The number of benzene rings is 1. The molecule has 166 valence electrons. The summed E-state index contributed by atoms with van der Waals surface area (Å²) in [6, 6.07) is 4.96. The van der Waals surface area contributed by atoms with Crippen molar-refractivity contribution in [2.24, 2.45) is 11.8 Å². The Labute approximate surface area is 174 Å². The molecular formula is C22H28F3NO4. The van der Waals surface area contributed by atoms with E-state index in [1.165, 1.54) is 12.1 Å². The highest BCUT2D eigenvalue weighted by Gasteiger charge is 2.38. The molecule has 0 bridgehead atoms. The Bertz CT molecular complexity index is 744. The molecule has 1 fully saturated rings. The van der Waals surface area contributed by atoms with Gasteiger partial charge in [0.15, 0.2) is 5.76 Å². The van der Waals surface area contributed by atoms with Gasteiger partial charge >= 0.3 is 6.18 Å². The molecule has 30 heavy (non-hydrogen) atoms. The Balaban J connectivity index is 1.89. The van der Waals surface area contributed by atoms with Crippen molar-refractivity contribution in [2.45, 2.75) is 51.0 Å². The second-order valence-corrected chi connectivity index (χ2v) is 7.80. The van der Waals surface area contributed by atoms with E-state index in [-0.39, 0.29) is 30.1 Å². The van der Waals surface area contributed by atoms with Gasteiger partial charge in [0, 0.05) is 31.6 Å². The number of carbonyl (C=O) groups excluding carboxylic acids is 1. The van der Waals surface area contributed by atoms with E-state index in [1.807, 2.05) is 6.92 Å². The third-order valence-corrected chi connectivity index (χ3v) is 5.51. The number of allylic oxidation sites excluding steroid dienone is 1. The second kappa shape index (κ2) is 9.83. The van der Waals surface area contributed by atoms with Crippen LogP contribution in [0.2, 0.25) is 0 Å². The molecule has 0 saturated heterocycles. The van der Waals surface area contributed by atoms with Crippen molar-refractivity contribution in [2.75, 3.05) is 19.8 Å². The molecular weight excluding hydrogens is 399 g/mol. The maximum Gasteiger partial charge on any atom is 0.416 e. The zero-order chi connectivity index (χ0) is 21.7. The fraction of sp³-hybridized carbons (Fsp3) is 0.591. The lowest BCUT2D eigenvalue weighted by molar-refractivity contribution is -0.166. The predicted octanol–water partition coefficient (Wildman–Crippen LogP) is 3.98. The maximum absolute atomic E-state index is 13.0. The first-order valence-corrected chi connectivity index (χ1v) is 10.4. The number of rotatable bonds is 9. The summed E-state index contributed by atoms with van der Waals surface area (Å²) in [5.41, 5.74) is -0.0793. The third kappa shape index (κ3) is 5.76. The van der Waals surface area contributed by atoms with Crippen LogP contribution in [0.3, 0.4) is 0 Å². The fourth-order valence-electron chi connectivity index (χ4n) is 3.69. The Morgan fingerprint density at radius 3 is 2.53 bits per heavy atom. The Morgan fingerprint density at radius 1 is 1.27 bits per heavy atom. The van der Waals surface area contributed by atoms with Gasteiger partial charge in [0.2, 0.25) is 6.29 Å². The van der Waals surface area contributed by atoms with E-state index >= 15 is 0 Å². The van der Waals surface area contributed by atoms with E-state index in [1.54, 1.807) is 6.08 Å². The highest BCUT2D eigenvalue weighted by atomic mass is 19.4. The standard InChI is InChI=1S/C22H28F3NO4/c1-2-29-21-17(4-3-11-27)18(15-7-9-16(10-8-15)22(23,24)25)12-19(30-21)20(28)26-13-14-5-6-14/h7-10,12,14,17-18,21,27H,2-6,11,13H2,1H3,(H,26,28)/t17-,18-,21-/m1/s1. The summed E-state index contributed by atoms with van der Waals surface area (Å²) < 4.78 is 50.5. The summed E-state index contributed by atoms with van der Waals surface area (Å²) in [6.45, 7) is 2.73. The van der Waals surface area contributed by atoms with Crippen molar-refractivity contribution >= 4 is 5.91 Å². The van der Waals surface area contributed by atoms with Crippen LogP contribution in [0.1, 0.15) is 49.7 Å². The van der Waals surface area contributed by atoms with Crippen molar-refractivity contribution in [3.63, 3.8) is 0 Å². The van der Waals surface area contributed by atoms with E-state index < -0.39 is 18.0 Å². The van der Waals surface area contributed by atoms with E-state index in [2.05, 4.69) is 5.32 Å². The number of aliphatic hydroxyl groups excluding tert-OH is 1. The van der Waals surface area contributed by atoms with Crippen molar-refractivity contribution < 1.29 is 32.5 Å². The van der Waals surface area contributed by atoms with Gasteiger partial charge in [-0.05, 0) is 62.3 Å². The number of amides is 1. The number of aliphatic hydroxyl groups is 1. The molecule has 8 heteroatoms. The SMILES string of the molecule is CCO[C@@H]1OC(C(=O)NCC2CC2)=C[C@H](c2ccc(C(F)(F)F)cc2)[C@H]1CCCO. The third-order valence-electron chi connectivity index (χ3n) is 5.51. The quantitative estimate of drug-likeness (QED) is 0.626. The number of carbonyl (C=O) groups is 1. The summed E-state index contributed by atoms with van der Waals surface area (Å²) in [4.78, 5) is 12.6. The number of halogens is 3. The van der Waals surface area contributed by atoms with Crippen molar-refractivity contribution in [1.29, 1.82) is 0 Å². The molecule has 1 aromatic carbocycles. The zero-order valence-corrected chi connectivity index (χ0v) is 17.0. The van der Waals surface area contributed by atoms with Crippen molar-refractivity contribution in [3.8, 4) is 0 Å². The van der Waals surface area contributed by atoms with Crippen LogP contribution in [0.15, 0.2) is 36.1 Å². The summed E-state index contributed by atoms with van der Waals surface area (Å²) in [7, 11) is 0. The summed E-state index contributed by atoms with van der Waals surface area (Å²) >= 11 is 0. The molecule has 2 aliphatic rings. The second-order valence-electron chi connectivity index (χ2n) is 7.80. The first-order valence-electron chi connectivity index (χ1n) is 10.4. The molecule has 0 unspecified atom stereocenters. The number of hydrogen-bond acceptors (Lipinski definition) is 4. The van der Waals surface area contributed by atoms with Gasteiger partial charge in [-0.1, -0.05) is 12.1 Å². The van der Waals surface area contributed by atoms with Crippen molar-refractivity contribution in [3.05, 3.63) is 47.2 Å². The number of nitrogens with one attached hydrogen (secondary N) is 1. The monoisotopic (exact) mass is 427 g/mol. The minimum atomic E-state index is -4.41. The minimum Gasteiger partial charge on any atom is -0.459 e. The van der Waals surface area contributed by atoms with Gasteiger partial charge in [0.25, 0.3) is 5.91 Å². The first-order chi connectivity index (χ1) is 14.3. The van der Waals surface area contributed by atoms with Gasteiger partial charge in [-0.25, -0.2) is 0 Å². The molecule has 1 saturated carbocycles. The largest absolute Gasteiger partial charge is 0.459 e.